The molecule has 0 aliphatic rings. The first-order valence-corrected chi connectivity index (χ1v) is 12.4. The molecule has 0 atom stereocenters. The lowest BCUT2D eigenvalue weighted by Crippen LogP contribution is -2.06. The quantitative estimate of drug-likeness (QED) is 0.303. The van der Waals surface area contributed by atoms with Gasteiger partial charge in [-0.3, -0.25) is 0 Å². The van der Waals surface area contributed by atoms with E-state index in [0.717, 1.165) is 31.4 Å². The monoisotopic (exact) mass is 401 g/mol. The van der Waals surface area contributed by atoms with E-state index < -0.39 is 9.84 Å². The summed E-state index contributed by atoms with van der Waals surface area (Å²) in [7, 11) is -3.10. The van der Waals surface area contributed by atoms with Crippen molar-refractivity contribution in [1.29, 1.82) is 0 Å². The number of hydrogen-bond donors (Lipinski definition) is 1. The van der Waals surface area contributed by atoms with Crippen LogP contribution < -0.4 is 5.73 Å². The highest BCUT2D eigenvalue weighted by Gasteiger charge is 2.12. The van der Waals surface area contributed by atoms with Gasteiger partial charge >= 0.3 is 0 Å². The van der Waals surface area contributed by atoms with Crippen molar-refractivity contribution in [2.75, 3.05) is 11.5 Å². The van der Waals surface area contributed by atoms with E-state index >= 15 is 0 Å². The summed E-state index contributed by atoms with van der Waals surface area (Å²) in [6, 6.07) is 17.0. The number of anilines is 1. The minimum Gasteiger partial charge on any atom is -0.399 e. The maximum absolute atomic E-state index is 12.2. The second-order valence-corrected chi connectivity index (χ2v) is 9.77. The molecular formula is C24H35NO2S. The summed E-state index contributed by atoms with van der Waals surface area (Å²) >= 11 is 0. The third kappa shape index (κ3) is 8.92. The van der Waals surface area contributed by atoms with E-state index in [2.05, 4.69) is 12.1 Å². The first kappa shape index (κ1) is 22.5. The summed E-state index contributed by atoms with van der Waals surface area (Å²) in [5.74, 6) is 0.269. The predicted octanol–water partition coefficient (Wildman–Crippen LogP) is 6.19. The molecule has 0 aliphatic heterocycles. The third-order valence-corrected chi connectivity index (χ3v) is 7.03. The van der Waals surface area contributed by atoms with Gasteiger partial charge in [0.2, 0.25) is 0 Å². The van der Waals surface area contributed by atoms with Gasteiger partial charge in [0.05, 0.1) is 10.6 Å². The molecule has 4 heteroatoms. The number of sulfone groups is 1. The van der Waals surface area contributed by atoms with Crippen molar-refractivity contribution in [3.8, 4) is 0 Å². The maximum Gasteiger partial charge on any atom is 0.178 e. The van der Waals surface area contributed by atoms with E-state index in [9.17, 15) is 8.42 Å². The zero-order valence-corrected chi connectivity index (χ0v) is 17.8. The second-order valence-electron chi connectivity index (χ2n) is 7.66. The Balaban J connectivity index is 1.40. The van der Waals surface area contributed by atoms with Crippen LogP contribution in [-0.2, 0) is 16.3 Å². The summed E-state index contributed by atoms with van der Waals surface area (Å²) in [5.41, 5.74) is 7.92. The van der Waals surface area contributed by atoms with Crippen LogP contribution in [0.5, 0.6) is 0 Å². The van der Waals surface area contributed by atoms with Crippen LogP contribution in [0.4, 0.5) is 5.69 Å². The molecule has 2 N–H and O–H groups in total. The average molecular weight is 402 g/mol. The number of benzene rings is 2. The van der Waals surface area contributed by atoms with Gasteiger partial charge in [0, 0.05) is 5.69 Å². The van der Waals surface area contributed by atoms with E-state index in [-0.39, 0.29) is 5.75 Å². The number of aryl methyl sites for hydroxylation is 1. The van der Waals surface area contributed by atoms with Gasteiger partial charge in [0.25, 0.3) is 0 Å². The third-order valence-electron chi connectivity index (χ3n) is 5.21. The molecule has 154 valence electrons. The fraction of sp³-hybridized carbons (Fsp3) is 0.500. The van der Waals surface area contributed by atoms with Gasteiger partial charge in [-0.2, -0.15) is 0 Å². The molecule has 0 aliphatic carbocycles. The lowest BCUT2D eigenvalue weighted by atomic mass is 10.0. The Morgan fingerprint density at radius 1 is 0.607 bits per heavy atom. The SMILES string of the molecule is Nc1ccc(CCCCCCCCCCCCS(=O)(=O)c2ccccc2)cc1. The van der Waals surface area contributed by atoms with Crippen LogP contribution in [0.2, 0.25) is 0 Å². The number of unbranched alkanes of at least 4 members (excludes halogenated alkanes) is 9. The first-order chi connectivity index (χ1) is 13.6. The molecule has 0 amide bonds. The number of rotatable bonds is 14. The molecule has 2 aromatic carbocycles. The van der Waals surface area contributed by atoms with Gasteiger partial charge in [-0.25, -0.2) is 8.42 Å². The standard InChI is InChI=1S/C24H35NO2S/c25-23-19-17-22(18-20-23)14-10-7-5-3-1-2-4-6-8-13-21-28(26,27)24-15-11-9-12-16-24/h9,11-12,15-20H,1-8,10,13-14,21,25H2. The molecule has 2 rings (SSSR count). The zero-order chi connectivity index (χ0) is 20.1. The molecule has 2 aromatic rings. The molecular weight excluding hydrogens is 366 g/mol. The zero-order valence-electron chi connectivity index (χ0n) is 17.0. The van der Waals surface area contributed by atoms with Gasteiger partial charge in [0.15, 0.2) is 9.84 Å². The molecule has 0 heterocycles. The van der Waals surface area contributed by atoms with Gasteiger partial charge < -0.3 is 5.73 Å². The molecule has 0 saturated heterocycles. The summed E-state index contributed by atoms with van der Waals surface area (Å²) in [6.07, 6.45) is 13.0. The fourth-order valence-corrected chi connectivity index (χ4v) is 4.86. The highest BCUT2D eigenvalue weighted by Crippen LogP contribution is 2.15. The van der Waals surface area contributed by atoms with Gasteiger partial charge in [-0.1, -0.05) is 81.7 Å². The Labute approximate surface area is 171 Å². The minimum atomic E-state index is -3.10. The molecule has 0 fully saturated rings. The average Bonchev–Trinajstić information content (AvgIpc) is 2.71. The van der Waals surface area contributed by atoms with Crippen LogP contribution >= 0.6 is 0 Å². The van der Waals surface area contributed by atoms with Crippen molar-refractivity contribution >= 4 is 15.5 Å². The van der Waals surface area contributed by atoms with E-state index in [1.165, 1.54) is 50.5 Å². The number of hydrogen-bond acceptors (Lipinski definition) is 3. The summed E-state index contributed by atoms with van der Waals surface area (Å²) in [5, 5.41) is 0. The summed E-state index contributed by atoms with van der Waals surface area (Å²) in [6.45, 7) is 0. The van der Waals surface area contributed by atoms with Crippen LogP contribution in [0.3, 0.4) is 0 Å². The Kier molecular flexibility index (Phi) is 10.1. The van der Waals surface area contributed by atoms with Crippen LogP contribution in [-0.4, -0.2) is 14.2 Å². The highest BCUT2D eigenvalue weighted by molar-refractivity contribution is 7.91. The Morgan fingerprint density at radius 3 is 1.68 bits per heavy atom. The second kappa shape index (κ2) is 12.6. The lowest BCUT2D eigenvalue weighted by molar-refractivity contribution is 0.553. The Hall–Kier alpha value is -1.81. The van der Waals surface area contributed by atoms with E-state index in [1.54, 1.807) is 24.3 Å². The summed E-state index contributed by atoms with van der Waals surface area (Å²) in [4.78, 5) is 0.450. The number of nitrogens with two attached hydrogens (primary N) is 1. The van der Waals surface area contributed by atoms with E-state index in [1.807, 2.05) is 18.2 Å². The molecule has 0 bridgehead atoms. The van der Waals surface area contributed by atoms with E-state index in [4.69, 9.17) is 5.73 Å². The van der Waals surface area contributed by atoms with E-state index in [0.29, 0.717) is 4.90 Å². The molecule has 0 saturated carbocycles. The van der Waals surface area contributed by atoms with Crippen molar-refractivity contribution in [3.05, 3.63) is 60.2 Å². The molecule has 0 radical (unpaired) electrons. The highest BCUT2D eigenvalue weighted by atomic mass is 32.2. The van der Waals surface area contributed by atoms with Gasteiger partial charge in [-0.05, 0) is 49.1 Å². The Bertz CT molecular complexity index is 755. The van der Waals surface area contributed by atoms with Crippen LogP contribution in [0.1, 0.15) is 69.8 Å². The normalized spacial score (nSPS) is 11.6. The predicted molar refractivity (Wildman–Crippen MR) is 119 cm³/mol. The minimum absolute atomic E-state index is 0.269. The van der Waals surface area contributed by atoms with Gasteiger partial charge in [0.1, 0.15) is 0 Å². The van der Waals surface area contributed by atoms with Crippen molar-refractivity contribution in [2.24, 2.45) is 0 Å². The van der Waals surface area contributed by atoms with Crippen LogP contribution in [0, 0.1) is 0 Å². The maximum atomic E-state index is 12.2. The summed E-state index contributed by atoms with van der Waals surface area (Å²) < 4.78 is 24.4. The molecule has 0 unspecified atom stereocenters. The fourth-order valence-electron chi connectivity index (χ4n) is 3.47. The van der Waals surface area contributed by atoms with Crippen LogP contribution in [0.25, 0.3) is 0 Å². The largest absolute Gasteiger partial charge is 0.399 e. The van der Waals surface area contributed by atoms with Crippen molar-refractivity contribution in [2.45, 2.75) is 75.5 Å². The van der Waals surface area contributed by atoms with Crippen molar-refractivity contribution in [1.82, 2.24) is 0 Å². The van der Waals surface area contributed by atoms with Crippen molar-refractivity contribution < 1.29 is 8.42 Å². The van der Waals surface area contributed by atoms with Crippen LogP contribution in [0.15, 0.2) is 59.5 Å². The topological polar surface area (TPSA) is 60.2 Å². The molecule has 0 spiro atoms. The number of nitrogen functional groups attached to an aromatic ring is 1. The molecule has 0 aromatic heterocycles. The van der Waals surface area contributed by atoms with Gasteiger partial charge in [-0.15, -0.1) is 0 Å². The molecule has 28 heavy (non-hydrogen) atoms. The lowest BCUT2D eigenvalue weighted by Gasteiger charge is -2.05. The smallest absolute Gasteiger partial charge is 0.178 e. The Morgan fingerprint density at radius 2 is 1.11 bits per heavy atom. The first-order valence-electron chi connectivity index (χ1n) is 10.7. The van der Waals surface area contributed by atoms with Crippen molar-refractivity contribution in [3.63, 3.8) is 0 Å². The molecule has 3 nitrogen and oxygen atoms in total.